The third-order valence-corrected chi connectivity index (χ3v) is 3.82. The molecule has 0 unspecified atom stereocenters. The van der Waals surface area contributed by atoms with Crippen LogP contribution in [0.3, 0.4) is 0 Å². The van der Waals surface area contributed by atoms with Crippen molar-refractivity contribution in [1.82, 2.24) is 5.32 Å². The molecule has 2 N–H and O–H groups in total. The molecule has 0 fully saturated rings. The number of rotatable bonds is 8. The van der Waals surface area contributed by atoms with E-state index >= 15 is 0 Å². The number of esters is 1. The van der Waals surface area contributed by atoms with Crippen LogP contribution in [-0.2, 0) is 14.3 Å². The molecule has 2 amide bonds. The van der Waals surface area contributed by atoms with Gasteiger partial charge in [-0.3, -0.25) is 14.4 Å². The van der Waals surface area contributed by atoms with Gasteiger partial charge in [-0.05, 0) is 31.2 Å². The summed E-state index contributed by atoms with van der Waals surface area (Å²) >= 11 is 0. The number of halogens is 1. The Morgan fingerprint density at radius 2 is 1.66 bits per heavy atom. The van der Waals surface area contributed by atoms with Gasteiger partial charge >= 0.3 is 5.97 Å². The van der Waals surface area contributed by atoms with Gasteiger partial charge in [-0.15, -0.1) is 0 Å². The fourth-order valence-corrected chi connectivity index (χ4v) is 2.28. The van der Waals surface area contributed by atoms with Crippen LogP contribution in [0.4, 0.5) is 10.1 Å². The number of para-hydroxylation sites is 1. The van der Waals surface area contributed by atoms with Gasteiger partial charge in [0.2, 0.25) is 0 Å². The molecule has 0 aromatic heterocycles. The van der Waals surface area contributed by atoms with Gasteiger partial charge in [0, 0.05) is 11.6 Å². The molecule has 0 spiro atoms. The van der Waals surface area contributed by atoms with Crippen LogP contribution in [-0.4, -0.2) is 44.7 Å². The average molecular weight is 404 g/mol. The summed E-state index contributed by atoms with van der Waals surface area (Å²) in [5.41, 5.74) is 0.194. The van der Waals surface area contributed by atoms with Crippen molar-refractivity contribution in [3.8, 4) is 11.5 Å². The smallest absolute Gasteiger partial charge is 0.326 e. The molecular weight excluding hydrogens is 383 g/mol. The third-order valence-electron chi connectivity index (χ3n) is 3.82. The number of benzene rings is 2. The number of hydrogen-bond donors (Lipinski definition) is 2. The van der Waals surface area contributed by atoms with E-state index in [4.69, 9.17) is 14.2 Å². The van der Waals surface area contributed by atoms with E-state index < -0.39 is 36.2 Å². The second-order valence-corrected chi connectivity index (χ2v) is 5.89. The van der Waals surface area contributed by atoms with Crippen LogP contribution in [0, 0.1) is 5.82 Å². The van der Waals surface area contributed by atoms with Gasteiger partial charge in [0.1, 0.15) is 23.9 Å². The summed E-state index contributed by atoms with van der Waals surface area (Å²) in [6.45, 7) is 0.874. The predicted molar refractivity (Wildman–Crippen MR) is 102 cm³/mol. The molecule has 9 heteroatoms. The highest BCUT2D eigenvalue weighted by molar-refractivity contribution is 5.97. The summed E-state index contributed by atoms with van der Waals surface area (Å²) in [4.78, 5) is 36.2. The van der Waals surface area contributed by atoms with Crippen molar-refractivity contribution in [3.05, 3.63) is 53.8 Å². The Morgan fingerprint density at radius 3 is 2.24 bits per heavy atom. The number of anilines is 1. The van der Waals surface area contributed by atoms with Gasteiger partial charge in [0.25, 0.3) is 11.8 Å². The lowest BCUT2D eigenvalue weighted by atomic mass is 10.2. The fraction of sp³-hybridized carbons (Fsp3) is 0.250. The molecule has 0 saturated carbocycles. The van der Waals surface area contributed by atoms with Crippen molar-refractivity contribution in [2.45, 2.75) is 13.0 Å². The molecule has 0 aliphatic rings. The van der Waals surface area contributed by atoms with E-state index in [0.717, 1.165) is 0 Å². The lowest BCUT2D eigenvalue weighted by molar-refractivity contribution is -0.152. The number of carbonyl (C=O) groups is 3. The van der Waals surface area contributed by atoms with Crippen LogP contribution in [0.5, 0.6) is 11.5 Å². The maximum atomic E-state index is 13.6. The lowest BCUT2D eigenvalue weighted by Gasteiger charge is -2.14. The van der Waals surface area contributed by atoms with Crippen LogP contribution in [0.25, 0.3) is 0 Å². The molecule has 2 aromatic rings. The van der Waals surface area contributed by atoms with Crippen molar-refractivity contribution in [1.29, 1.82) is 0 Å². The highest BCUT2D eigenvalue weighted by Gasteiger charge is 2.20. The minimum absolute atomic E-state index is 0.0272. The zero-order chi connectivity index (χ0) is 21.4. The zero-order valence-electron chi connectivity index (χ0n) is 16.2. The molecule has 0 aliphatic carbocycles. The van der Waals surface area contributed by atoms with Crippen molar-refractivity contribution < 1.29 is 33.0 Å². The summed E-state index contributed by atoms with van der Waals surface area (Å²) in [5.74, 6) is -1.87. The van der Waals surface area contributed by atoms with E-state index in [1.807, 2.05) is 0 Å². The van der Waals surface area contributed by atoms with Gasteiger partial charge in [-0.25, -0.2) is 4.39 Å². The minimum Gasteiger partial charge on any atom is -0.497 e. The van der Waals surface area contributed by atoms with E-state index in [2.05, 4.69) is 10.6 Å². The largest absolute Gasteiger partial charge is 0.497 e. The lowest BCUT2D eigenvalue weighted by Crippen LogP contribution is -2.36. The van der Waals surface area contributed by atoms with Crippen LogP contribution in [0.15, 0.2) is 42.5 Å². The van der Waals surface area contributed by atoms with Crippen molar-refractivity contribution in [2.75, 3.05) is 26.1 Å². The first-order valence-corrected chi connectivity index (χ1v) is 8.60. The van der Waals surface area contributed by atoms with E-state index in [-0.39, 0.29) is 11.3 Å². The normalized spacial score (nSPS) is 11.2. The molecule has 154 valence electrons. The number of hydrogen-bond acceptors (Lipinski definition) is 6. The fourth-order valence-electron chi connectivity index (χ4n) is 2.28. The van der Waals surface area contributed by atoms with E-state index in [1.54, 1.807) is 12.1 Å². The SMILES string of the molecule is COc1cc(OC)cc(C(=O)NCC(=O)O[C@H](C)C(=O)Nc2ccccc2F)c1. The first-order chi connectivity index (χ1) is 13.8. The first kappa shape index (κ1) is 21.7. The second kappa shape index (κ2) is 10.1. The Labute approximate surface area is 166 Å². The molecular formula is C20H21FN2O6. The Hall–Kier alpha value is -3.62. The van der Waals surface area contributed by atoms with Crippen LogP contribution in [0.1, 0.15) is 17.3 Å². The third kappa shape index (κ3) is 6.20. The molecule has 0 radical (unpaired) electrons. The number of carbonyl (C=O) groups excluding carboxylic acids is 3. The number of methoxy groups -OCH3 is 2. The van der Waals surface area contributed by atoms with Gasteiger partial charge in [-0.2, -0.15) is 0 Å². The molecule has 0 bridgehead atoms. The summed E-state index contributed by atoms with van der Waals surface area (Å²) in [7, 11) is 2.89. The predicted octanol–water partition coefficient (Wildman–Crippen LogP) is 2.14. The van der Waals surface area contributed by atoms with E-state index in [0.29, 0.717) is 11.5 Å². The topological polar surface area (TPSA) is 103 Å². The summed E-state index contributed by atoms with van der Waals surface area (Å²) in [5, 5.41) is 4.71. The average Bonchev–Trinajstić information content (AvgIpc) is 2.72. The summed E-state index contributed by atoms with van der Waals surface area (Å²) in [6.07, 6.45) is -1.18. The van der Waals surface area contributed by atoms with E-state index in [9.17, 15) is 18.8 Å². The van der Waals surface area contributed by atoms with Crippen LogP contribution < -0.4 is 20.1 Å². The van der Waals surface area contributed by atoms with E-state index in [1.165, 1.54) is 51.5 Å². The maximum absolute atomic E-state index is 13.6. The quantitative estimate of drug-likeness (QED) is 0.654. The Kier molecular flexibility index (Phi) is 7.53. The van der Waals surface area contributed by atoms with Gasteiger partial charge in [-0.1, -0.05) is 12.1 Å². The molecule has 1 atom stereocenters. The highest BCUT2D eigenvalue weighted by Crippen LogP contribution is 2.22. The van der Waals surface area contributed by atoms with Crippen molar-refractivity contribution >= 4 is 23.5 Å². The Balaban J connectivity index is 1.88. The van der Waals surface area contributed by atoms with Crippen molar-refractivity contribution in [2.24, 2.45) is 0 Å². The molecule has 29 heavy (non-hydrogen) atoms. The molecule has 0 saturated heterocycles. The maximum Gasteiger partial charge on any atom is 0.326 e. The van der Waals surface area contributed by atoms with Crippen molar-refractivity contribution in [3.63, 3.8) is 0 Å². The number of ether oxygens (including phenoxy) is 3. The highest BCUT2D eigenvalue weighted by atomic mass is 19.1. The molecule has 0 aliphatic heterocycles. The van der Waals surface area contributed by atoms with Gasteiger partial charge in [0.05, 0.1) is 19.9 Å². The molecule has 2 aromatic carbocycles. The van der Waals surface area contributed by atoms with Crippen LogP contribution >= 0.6 is 0 Å². The molecule has 2 rings (SSSR count). The minimum atomic E-state index is -1.18. The number of amides is 2. The Bertz CT molecular complexity index is 880. The number of nitrogens with one attached hydrogen (secondary N) is 2. The Morgan fingerprint density at radius 1 is 1.03 bits per heavy atom. The summed E-state index contributed by atoms with van der Waals surface area (Å²) in [6, 6.07) is 10.2. The molecule has 8 nitrogen and oxygen atoms in total. The van der Waals surface area contributed by atoms with Gasteiger partial charge in [0.15, 0.2) is 6.10 Å². The standard InChI is InChI=1S/C20H21FN2O6/c1-12(19(25)23-17-7-5-4-6-16(17)21)29-18(24)11-22-20(26)13-8-14(27-2)10-15(9-13)28-3/h4-10,12H,11H2,1-3H3,(H,22,26)(H,23,25)/t12-/m1/s1. The monoisotopic (exact) mass is 404 g/mol. The van der Waals surface area contributed by atoms with Crippen LogP contribution in [0.2, 0.25) is 0 Å². The molecule has 0 heterocycles. The zero-order valence-corrected chi connectivity index (χ0v) is 16.2. The van der Waals surface area contributed by atoms with Gasteiger partial charge < -0.3 is 24.8 Å². The first-order valence-electron chi connectivity index (χ1n) is 8.60. The summed E-state index contributed by atoms with van der Waals surface area (Å²) < 4.78 is 28.7. The second-order valence-electron chi connectivity index (χ2n) is 5.89.